The minimum atomic E-state index is -0.291. The average molecular weight is 388 g/mol. The van der Waals surface area contributed by atoms with E-state index in [9.17, 15) is 4.79 Å². The van der Waals surface area contributed by atoms with Gasteiger partial charge in [0.25, 0.3) is 5.91 Å². The van der Waals surface area contributed by atoms with Gasteiger partial charge in [-0.1, -0.05) is 24.3 Å². The number of aryl methyl sites for hydroxylation is 2. The highest BCUT2D eigenvalue weighted by Crippen LogP contribution is 2.37. The molecule has 6 nitrogen and oxygen atoms in total. The van der Waals surface area contributed by atoms with Gasteiger partial charge in [-0.3, -0.25) is 4.79 Å². The Morgan fingerprint density at radius 2 is 1.93 bits per heavy atom. The average Bonchev–Trinajstić information content (AvgIpc) is 3.03. The smallest absolute Gasteiger partial charge is 0.274 e. The van der Waals surface area contributed by atoms with Crippen molar-refractivity contribution in [3.05, 3.63) is 71.2 Å². The first-order chi connectivity index (χ1) is 14.0. The van der Waals surface area contributed by atoms with Crippen LogP contribution in [-0.2, 0) is 6.42 Å². The van der Waals surface area contributed by atoms with Crippen LogP contribution in [0.5, 0.6) is 5.75 Å². The molecule has 1 N–H and O–H groups in total. The van der Waals surface area contributed by atoms with E-state index in [4.69, 9.17) is 4.74 Å². The van der Waals surface area contributed by atoms with Crippen LogP contribution < -0.4 is 15.0 Å². The maximum Gasteiger partial charge on any atom is 0.274 e. The predicted octanol–water partition coefficient (Wildman–Crippen LogP) is 4.44. The van der Waals surface area contributed by atoms with Gasteiger partial charge in [0.15, 0.2) is 0 Å². The number of amides is 1. The van der Waals surface area contributed by atoms with E-state index in [1.165, 1.54) is 5.56 Å². The number of hydrogen-bond acceptors (Lipinski definition) is 5. The number of benzene rings is 2. The van der Waals surface area contributed by atoms with Crippen LogP contribution in [0.15, 0.2) is 48.5 Å². The summed E-state index contributed by atoms with van der Waals surface area (Å²) in [7, 11) is 1.58. The molecule has 0 saturated carbocycles. The number of aromatic nitrogens is 2. The van der Waals surface area contributed by atoms with E-state index in [1.54, 1.807) is 20.1 Å². The van der Waals surface area contributed by atoms with Crippen LogP contribution in [-0.4, -0.2) is 29.0 Å². The summed E-state index contributed by atoms with van der Waals surface area (Å²) in [5, 5.41) is 2.92. The van der Waals surface area contributed by atoms with E-state index >= 15 is 0 Å². The summed E-state index contributed by atoms with van der Waals surface area (Å²) in [6.07, 6.45) is 0.946. The highest BCUT2D eigenvalue weighted by atomic mass is 16.5. The number of carbonyl (C=O) groups excluding carboxylic acids is 1. The summed E-state index contributed by atoms with van der Waals surface area (Å²) < 4.78 is 5.36. The highest BCUT2D eigenvalue weighted by Gasteiger charge is 2.28. The first kappa shape index (κ1) is 18.9. The van der Waals surface area contributed by atoms with Crippen molar-refractivity contribution in [2.24, 2.45) is 0 Å². The van der Waals surface area contributed by atoms with Crippen molar-refractivity contribution in [1.82, 2.24) is 9.97 Å². The second-order valence-corrected chi connectivity index (χ2v) is 7.37. The van der Waals surface area contributed by atoms with Gasteiger partial charge in [-0.25, -0.2) is 9.97 Å². The van der Waals surface area contributed by atoms with Gasteiger partial charge in [-0.05, 0) is 56.5 Å². The summed E-state index contributed by atoms with van der Waals surface area (Å²) in [6, 6.07) is 16.0. The molecule has 3 aromatic rings. The minimum Gasteiger partial charge on any atom is -0.495 e. The summed E-state index contributed by atoms with van der Waals surface area (Å²) in [6.45, 7) is 5.93. The SMILES string of the molecule is COc1ccc(C)cc1NC(=O)c1cc(N2c3ccccc3CC2C)nc(C)n1. The number of fused-ring (bicyclic) bond motifs is 1. The second-order valence-electron chi connectivity index (χ2n) is 7.37. The van der Waals surface area contributed by atoms with E-state index < -0.39 is 0 Å². The molecule has 0 radical (unpaired) electrons. The Morgan fingerprint density at radius 1 is 1.14 bits per heavy atom. The molecule has 2 heterocycles. The van der Waals surface area contributed by atoms with Gasteiger partial charge in [0.1, 0.15) is 23.1 Å². The monoisotopic (exact) mass is 388 g/mol. The molecule has 148 valence electrons. The molecule has 0 fully saturated rings. The predicted molar refractivity (Wildman–Crippen MR) is 114 cm³/mol. The van der Waals surface area contributed by atoms with Gasteiger partial charge in [-0.2, -0.15) is 0 Å². The lowest BCUT2D eigenvalue weighted by Gasteiger charge is -2.24. The molecule has 1 aliphatic heterocycles. The lowest BCUT2D eigenvalue weighted by molar-refractivity contribution is 0.102. The van der Waals surface area contributed by atoms with Crippen molar-refractivity contribution in [2.75, 3.05) is 17.3 Å². The van der Waals surface area contributed by atoms with Crippen LogP contribution in [0.1, 0.15) is 34.4 Å². The first-order valence-corrected chi connectivity index (χ1v) is 9.65. The zero-order valence-corrected chi connectivity index (χ0v) is 17.1. The van der Waals surface area contributed by atoms with Crippen LogP contribution >= 0.6 is 0 Å². The molecule has 29 heavy (non-hydrogen) atoms. The van der Waals surface area contributed by atoms with Gasteiger partial charge >= 0.3 is 0 Å². The van der Waals surface area contributed by atoms with E-state index in [0.29, 0.717) is 23.0 Å². The number of anilines is 3. The number of ether oxygens (including phenoxy) is 1. The Labute approximate surface area is 170 Å². The molecule has 4 rings (SSSR count). The lowest BCUT2D eigenvalue weighted by Crippen LogP contribution is -2.26. The van der Waals surface area contributed by atoms with Gasteiger partial charge in [0.2, 0.25) is 0 Å². The number of nitrogens with one attached hydrogen (secondary N) is 1. The Hall–Kier alpha value is -3.41. The molecule has 1 aromatic heterocycles. The first-order valence-electron chi connectivity index (χ1n) is 9.65. The van der Waals surface area contributed by atoms with E-state index in [2.05, 4.69) is 39.2 Å². The maximum atomic E-state index is 13.0. The molecule has 1 aliphatic rings. The number of para-hydroxylation sites is 1. The Bertz CT molecular complexity index is 1080. The largest absolute Gasteiger partial charge is 0.495 e. The zero-order valence-electron chi connectivity index (χ0n) is 17.1. The fourth-order valence-electron chi connectivity index (χ4n) is 3.81. The quantitative estimate of drug-likeness (QED) is 0.716. The molecule has 0 aliphatic carbocycles. The van der Waals surface area contributed by atoms with E-state index in [1.807, 2.05) is 37.3 Å². The third-order valence-electron chi connectivity index (χ3n) is 5.11. The normalized spacial score (nSPS) is 15.2. The fraction of sp³-hybridized carbons (Fsp3) is 0.261. The number of rotatable bonds is 4. The fourth-order valence-corrected chi connectivity index (χ4v) is 3.81. The van der Waals surface area contributed by atoms with Gasteiger partial charge < -0.3 is 15.0 Å². The molecule has 6 heteroatoms. The van der Waals surface area contributed by atoms with E-state index in [0.717, 1.165) is 23.5 Å². The van der Waals surface area contributed by atoms with Crippen LogP contribution in [0.25, 0.3) is 0 Å². The number of hydrogen-bond donors (Lipinski definition) is 1. The molecular formula is C23H24N4O2. The van der Waals surface area contributed by atoms with Crippen LogP contribution in [0.4, 0.5) is 17.2 Å². The van der Waals surface area contributed by atoms with Crippen LogP contribution in [0.2, 0.25) is 0 Å². The summed E-state index contributed by atoms with van der Waals surface area (Å²) >= 11 is 0. The van der Waals surface area contributed by atoms with Crippen molar-refractivity contribution in [3.8, 4) is 5.75 Å². The minimum absolute atomic E-state index is 0.259. The maximum absolute atomic E-state index is 13.0. The van der Waals surface area contributed by atoms with Crippen molar-refractivity contribution >= 4 is 23.1 Å². The highest BCUT2D eigenvalue weighted by molar-refractivity contribution is 6.04. The van der Waals surface area contributed by atoms with Crippen LogP contribution in [0.3, 0.4) is 0 Å². The number of nitrogens with zero attached hydrogens (tertiary/aromatic N) is 3. The third-order valence-corrected chi connectivity index (χ3v) is 5.11. The molecule has 1 atom stereocenters. The van der Waals surface area contributed by atoms with E-state index in [-0.39, 0.29) is 11.9 Å². The van der Waals surface area contributed by atoms with Crippen molar-refractivity contribution < 1.29 is 9.53 Å². The van der Waals surface area contributed by atoms with Crippen molar-refractivity contribution in [3.63, 3.8) is 0 Å². The topological polar surface area (TPSA) is 67.3 Å². The molecule has 2 aromatic carbocycles. The second kappa shape index (κ2) is 7.54. The summed E-state index contributed by atoms with van der Waals surface area (Å²) in [4.78, 5) is 24.1. The summed E-state index contributed by atoms with van der Waals surface area (Å²) in [5.41, 5.74) is 4.39. The van der Waals surface area contributed by atoms with Gasteiger partial charge in [-0.15, -0.1) is 0 Å². The molecule has 0 bridgehead atoms. The Balaban J connectivity index is 1.68. The molecule has 1 amide bonds. The Kier molecular flexibility index (Phi) is 4.92. The number of carbonyl (C=O) groups is 1. The van der Waals surface area contributed by atoms with Crippen molar-refractivity contribution in [1.29, 1.82) is 0 Å². The molecule has 0 saturated heterocycles. The van der Waals surface area contributed by atoms with Gasteiger partial charge in [0.05, 0.1) is 12.8 Å². The van der Waals surface area contributed by atoms with Gasteiger partial charge in [0, 0.05) is 17.8 Å². The molecule has 0 spiro atoms. The molecular weight excluding hydrogens is 364 g/mol. The zero-order chi connectivity index (χ0) is 20.5. The van der Waals surface area contributed by atoms with Crippen LogP contribution in [0, 0.1) is 13.8 Å². The standard InChI is InChI=1S/C23H24N4O2/c1-14-9-10-21(29-4)18(11-14)26-23(28)19-13-22(25-16(3)24-19)27-15(2)12-17-7-5-6-8-20(17)27/h5-11,13,15H,12H2,1-4H3,(H,26,28). The lowest BCUT2D eigenvalue weighted by atomic mass is 10.1. The third kappa shape index (κ3) is 3.66. The number of methoxy groups -OCH3 is 1. The van der Waals surface area contributed by atoms with Crippen molar-refractivity contribution in [2.45, 2.75) is 33.2 Å². The molecule has 1 unspecified atom stereocenters. The summed E-state index contributed by atoms with van der Waals surface area (Å²) in [5.74, 6) is 1.61. The Morgan fingerprint density at radius 3 is 2.72 bits per heavy atom.